The molecule has 2 aromatic rings. The van der Waals surface area contributed by atoms with Crippen molar-refractivity contribution < 1.29 is 8.42 Å². The minimum Gasteiger partial charge on any atom is -0.218 e. The second-order valence-corrected chi connectivity index (χ2v) is 7.09. The van der Waals surface area contributed by atoms with Crippen molar-refractivity contribution in [2.75, 3.05) is 12.4 Å². The van der Waals surface area contributed by atoms with Crippen LogP contribution in [0.15, 0.2) is 36.4 Å². The zero-order valence-corrected chi connectivity index (χ0v) is 13.1. The molecule has 102 valence electrons. The third-order valence-electron chi connectivity index (χ3n) is 3.07. The van der Waals surface area contributed by atoms with E-state index < -0.39 is 10.0 Å². The molecule has 0 saturated heterocycles. The average molecular weight is 342 g/mol. The Bertz CT molecular complexity index is 683. The highest BCUT2D eigenvalue weighted by Gasteiger charge is 2.09. The summed E-state index contributed by atoms with van der Waals surface area (Å²) in [4.78, 5) is 0. The summed E-state index contributed by atoms with van der Waals surface area (Å²) in [6, 6.07) is 12.0. The van der Waals surface area contributed by atoms with Gasteiger partial charge >= 0.3 is 0 Å². The van der Waals surface area contributed by atoms with E-state index in [1.165, 1.54) is 12.6 Å². The molecule has 3 nitrogen and oxygen atoms in total. The van der Waals surface area contributed by atoms with Gasteiger partial charge < -0.3 is 0 Å². The molecule has 2 aromatic carbocycles. The van der Waals surface area contributed by atoms with Crippen LogP contribution in [-0.4, -0.2) is 20.8 Å². The van der Waals surface area contributed by atoms with E-state index in [1.54, 1.807) is 0 Å². The highest BCUT2D eigenvalue weighted by molar-refractivity contribution is 9.09. The van der Waals surface area contributed by atoms with E-state index >= 15 is 0 Å². The monoisotopic (exact) mass is 341 g/mol. The van der Waals surface area contributed by atoms with Gasteiger partial charge in [-0.25, -0.2) is 13.1 Å². The first-order chi connectivity index (χ1) is 9.05. The fraction of sp³-hybridized carbons (Fsp3) is 0.286. The van der Waals surface area contributed by atoms with Crippen LogP contribution in [0.25, 0.3) is 10.8 Å². The fourth-order valence-corrected chi connectivity index (χ4v) is 3.28. The highest BCUT2D eigenvalue weighted by Crippen LogP contribution is 2.22. The van der Waals surface area contributed by atoms with Crippen LogP contribution in [-0.2, 0) is 22.2 Å². The predicted octanol–water partition coefficient (Wildman–Crippen LogP) is 2.83. The van der Waals surface area contributed by atoms with E-state index in [2.05, 4.69) is 26.7 Å². The Kier molecular flexibility index (Phi) is 4.60. The van der Waals surface area contributed by atoms with Crippen molar-refractivity contribution in [1.29, 1.82) is 0 Å². The molecule has 0 aliphatic carbocycles. The SMILES string of the molecule is CNS(=O)(=O)Cc1ccc2cccc(CCBr)c2c1. The highest BCUT2D eigenvalue weighted by atomic mass is 79.9. The maximum absolute atomic E-state index is 11.6. The van der Waals surface area contributed by atoms with Crippen LogP contribution in [0.2, 0.25) is 0 Å². The number of sulfonamides is 1. The second kappa shape index (κ2) is 6.03. The molecule has 0 heterocycles. The Morgan fingerprint density at radius 2 is 2.00 bits per heavy atom. The van der Waals surface area contributed by atoms with Crippen molar-refractivity contribution in [2.24, 2.45) is 0 Å². The molecule has 0 radical (unpaired) electrons. The first kappa shape index (κ1) is 14.5. The lowest BCUT2D eigenvalue weighted by Crippen LogP contribution is -2.20. The molecule has 0 spiro atoms. The zero-order valence-electron chi connectivity index (χ0n) is 10.7. The standard InChI is InChI=1S/C14H16BrNO2S/c1-16-19(17,18)10-11-5-6-12-3-2-4-13(7-8-15)14(12)9-11/h2-6,9,16H,7-8,10H2,1H3. The van der Waals surface area contributed by atoms with Gasteiger partial charge in [-0.1, -0.05) is 46.3 Å². The molecule has 0 fully saturated rings. The number of hydrogen-bond donors (Lipinski definition) is 1. The van der Waals surface area contributed by atoms with Crippen LogP contribution in [0.5, 0.6) is 0 Å². The topological polar surface area (TPSA) is 46.2 Å². The number of halogens is 1. The van der Waals surface area contributed by atoms with Crippen LogP contribution in [0.1, 0.15) is 11.1 Å². The number of aryl methyl sites for hydroxylation is 1. The number of fused-ring (bicyclic) bond motifs is 1. The summed E-state index contributed by atoms with van der Waals surface area (Å²) in [7, 11) is -1.79. The normalized spacial score (nSPS) is 11.9. The Morgan fingerprint density at radius 1 is 1.21 bits per heavy atom. The maximum Gasteiger partial charge on any atom is 0.215 e. The van der Waals surface area contributed by atoms with Crippen molar-refractivity contribution >= 4 is 36.7 Å². The van der Waals surface area contributed by atoms with E-state index in [9.17, 15) is 8.42 Å². The summed E-state index contributed by atoms with van der Waals surface area (Å²) in [6.07, 6.45) is 0.930. The van der Waals surface area contributed by atoms with Crippen LogP contribution in [0.4, 0.5) is 0 Å². The van der Waals surface area contributed by atoms with E-state index in [4.69, 9.17) is 0 Å². The van der Waals surface area contributed by atoms with Gasteiger partial charge in [-0.3, -0.25) is 0 Å². The van der Waals surface area contributed by atoms with Crippen molar-refractivity contribution in [2.45, 2.75) is 12.2 Å². The van der Waals surface area contributed by atoms with Crippen LogP contribution in [0, 0.1) is 0 Å². The summed E-state index contributed by atoms with van der Waals surface area (Å²) in [5.41, 5.74) is 2.04. The van der Waals surface area contributed by atoms with Gasteiger partial charge in [0.25, 0.3) is 0 Å². The van der Waals surface area contributed by atoms with Gasteiger partial charge in [0.1, 0.15) is 0 Å². The van der Waals surface area contributed by atoms with Crippen LogP contribution in [0.3, 0.4) is 0 Å². The molecule has 1 N–H and O–H groups in total. The van der Waals surface area contributed by atoms with E-state index in [-0.39, 0.29) is 5.75 Å². The Morgan fingerprint density at radius 3 is 2.68 bits per heavy atom. The molecular weight excluding hydrogens is 326 g/mol. The molecule has 0 bridgehead atoms. The number of benzene rings is 2. The van der Waals surface area contributed by atoms with E-state index in [0.29, 0.717) is 0 Å². The maximum atomic E-state index is 11.6. The molecule has 0 aromatic heterocycles. The summed E-state index contributed by atoms with van der Waals surface area (Å²) in [5.74, 6) is 0.0160. The fourth-order valence-electron chi connectivity index (χ4n) is 2.09. The van der Waals surface area contributed by atoms with Crippen molar-refractivity contribution in [3.63, 3.8) is 0 Å². The minimum atomic E-state index is -3.23. The molecular formula is C14H16BrNO2S. The molecule has 0 aliphatic rings. The molecule has 0 saturated carbocycles. The first-order valence-electron chi connectivity index (χ1n) is 6.03. The number of nitrogens with one attached hydrogen (secondary N) is 1. The number of alkyl halides is 1. The molecule has 2 rings (SSSR count). The smallest absolute Gasteiger partial charge is 0.215 e. The summed E-state index contributed by atoms with van der Waals surface area (Å²) >= 11 is 3.44. The van der Waals surface area contributed by atoms with Gasteiger partial charge in [-0.05, 0) is 41.4 Å². The van der Waals surface area contributed by atoms with Gasteiger partial charge in [-0.15, -0.1) is 0 Å². The minimum absolute atomic E-state index is 0.0160. The van der Waals surface area contributed by atoms with Gasteiger partial charge in [0.05, 0.1) is 5.75 Å². The second-order valence-electron chi connectivity index (χ2n) is 4.37. The largest absolute Gasteiger partial charge is 0.218 e. The van der Waals surface area contributed by atoms with Gasteiger partial charge in [0.15, 0.2) is 0 Å². The van der Waals surface area contributed by atoms with Crippen LogP contribution < -0.4 is 4.72 Å². The van der Waals surface area contributed by atoms with E-state index in [0.717, 1.165) is 28.1 Å². The van der Waals surface area contributed by atoms with Crippen molar-refractivity contribution in [3.05, 3.63) is 47.5 Å². The molecule has 5 heteroatoms. The third-order valence-corrected chi connectivity index (χ3v) is 4.80. The predicted molar refractivity (Wildman–Crippen MR) is 83.1 cm³/mol. The lowest BCUT2D eigenvalue weighted by atomic mass is 10.0. The molecule has 0 aliphatic heterocycles. The zero-order chi connectivity index (χ0) is 13.9. The van der Waals surface area contributed by atoms with Gasteiger partial charge in [0.2, 0.25) is 10.0 Å². The van der Waals surface area contributed by atoms with E-state index in [1.807, 2.05) is 30.3 Å². The van der Waals surface area contributed by atoms with Gasteiger partial charge in [-0.2, -0.15) is 0 Å². The van der Waals surface area contributed by atoms with Crippen molar-refractivity contribution in [3.8, 4) is 0 Å². The molecule has 19 heavy (non-hydrogen) atoms. The first-order valence-corrected chi connectivity index (χ1v) is 8.81. The molecule has 0 amide bonds. The Labute approximate surface area is 122 Å². The van der Waals surface area contributed by atoms with Gasteiger partial charge in [0, 0.05) is 5.33 Å². The summed E-state index contributed by atoms with van der Waals surface area (Å²) in [5, 5.41) is 3.17. The summed E-state index contributed by atoms with van der Waals surface area (Å²) < 4.78 is 25.5. The average Bonchev–Trinajstić information content (AvgIpc) is 2.39. The number of rotatable bonds is 5. The lowest BCUT2D eigenvalue weighted by molar-refractivity contribution is 0.587. The van der Waals surface area contributed by atoms with Crippen molar-refractivity contribution in [1.82, 2.24) is 4.72 Å². The molecule has 0 atom stereocenters. The Balaban J connectivity index is 2.46. The quantitative estimate of drug-likeness (QED) is 0.850. The third kappa shape index (κ3) is 3.55. The van der Waals surface area contributed by atoms with Crippen LogP contribution >= 0.6 is 15.9 Å². The Hall–Kier alpha value is -0.910. The lowest BCUT2D eigenvalue weighted by Gasteiger charge is -2.08. The molecule has 0 unspecified atom stereocenters. The number of hydrogen-bond acceptors (Lipinski definition) is 2. The summed E-state index contributed by atoms with van der Waals surface area (Å²) in [6.45, 7) is 0.